The van der Waals surface area contributed by atoms with Crippen LogP contribution in [0.2, 0.25) is 0 Å². The van der Waals surface area contributed by atoms with Crippen LogP contribution in [0, 0.1) is 13.8 Å². The molecular weight excluding hydrogens is 587 g/mol. The van der Waals surface area contributed by atoms with Crippen LogP contribution in [0.25, 0.3) is 6.08 Å². The van der Waals surface area contributed by atoms with Crippen LogP contribution >= 0.6 is 23.1 Å². The molecule has 0 aliphatic rings. The molecule has 0 radical (unpaired) electrons. The predicted molar refractivity (Wildman–Crippen MR) is 181 cm³/mol. The molecule has 0 spiro atoms. The van der Waals surface area contributed by atoms with Gasteiger partial charge in [0, 0.05) is 21.8 Å². The number of hydrogen-bond donors (Lipinski definition) is 3. The number of carbonyl (C=O) groups excluding carboxylic acids is 3. The molecule has 44 heavy (non-hydrogen) atoms. The van der Waals surface area contributed by atoms with Gasteiger partial charge in [-0.1, -0.05) is 66.7 Å². The zero-order chi connectivity index (χ0) is 30.9. The topological polar surface area (TPSA) is 87.3 Å². The lowest BCUT2D eigenvalue weighted by Crippen LogP contribution is -2.30. The summed E-state index contributed by atoms with van der Waals surface area (Å²) < 4.78 is 0. The fraction of sp³-hybridized carbons (Fsp3) is 0.0833. The standard InChI is InChI=1S/C36H31N3O3S2/c1-24-16-17-25(2)31(20-24)38-36(42)33(27-10-5-3-6-11-27)44-30-15-9-14-29(22-30)37-35(41)32(21-26-18-19-43-23-26)39-34(40)28-12-7-4-8-13-28/h3-23,33H,1-2H3,(H,37,41)(H,38,42)(H,39,40)/b32-21-. The normalized spacial score (nSPS) is 11.8. The van der Waals surface area contributed by atoms with Crippen LogP contribution in [0.5, 0.6) is 0 Å². The second kappa shape index (κ2) is 14.5. The van der Waals surface area contributed by atoms with Crippen LogP contribution in [0.3, 0.4) is 0 Å². The van der Waals surface area contributed by atoms with Crippen LogP contribution in [-0.2, 0) is 9.59 Å². The predicted octanol–water partition coefficient (Wildman–Crippen LogP) is 8.25. The molecule has 1 unspecified atom stereocenters. The number of thioether (sulfide) groups is 1. The van der Waals surface area contributed by atoms with E-state index in [1.54, 1.807) is 36.4 Å². The summed E-state index contributed by atoms with van der Waals surface area (Å²) >= 11 is 2.89. The highest BCUT2D eigenvalue weighted by atomic mass is 32.2. The van der Waals surface area contributed by atoms with E-state index in [4.69, 9.17) is 0 Å². The Kier molecular flexibility index (Phi) is 10.1. The van der Waals surface area contributed by atoms with Crippen LogP contribution in [0.15, 0.2) is 131 Å². The lowest BCUT2D eigenvalue weighted by molar-refractivity contribution is -0.116. The van der Waals surface area contributed by atoms with Crippen molar-refractivity contribution in [2.45, 2.75) is 24.0 Å². The Hall–Kier alpha value is -4.92. The van der Waals surface area contributed by atoms with Gasteiger partial charge in [-0.2, -0.15) is 11.3 Å². The minimum absolute atomic E-state index is 0.116. The summed E-state index contributed by atoms with van der Waals surface area (Å²) in [4.78, 5) is 40.8. The van der Waals surface area contributed by atoms with Gasteiger partial charge in [0.05, 0.1) is 0 Å². The minimum atomic E-state index is -0.540. The van der Waals surface area contributed by atoms with Crippen molar-refractivity contribution in [1.29, 1.82) is 0 Å². The molecule has 0 saturated carbocycles. The Morgan fingerprint density at radius 2 is 1.55 bits per heavy atom. The molecular formula is C36H31N3O3S2. The molecule has 8 heteroatoms. The summed E-state index contributed by atoms with van der Waals surface area (Å²) in [6, 6.07) is 33.5. The smallest absolute Gasteiger partial charge is 0.272 e. The number of carbonyl (C=O) groups is 3. The number of aryl methyl sites for hydroxylation is 2. The van der Waals surface area contributed by atoms with E-state index in [9.17, 15) is 14.4 Å². The quantitative estimate of drug-likeness (QED) is 0.109. The number of amides is 3. The van der Waals surface area contributed by atoms with Crippen molar-refractivity contribution in [3.8, 4) is 0 Å². The van der Waals surface area contributed by atoms with E-state index in [-0.39, 0.29) is 17.5 Å². The first-order valence-corrected chi connectivity index (χ1v) is 15.8. The number of thiophene rings is 1. The largest absolute Gasteiger partial charge is 0.325 e. The maximum Gasteiger partial charge on any atom is 0.272 e. The van der Waals surface area contributed by atoms with Gasteiger partial charge in [-0.05, 0) is 95.4 Å². The third-order valence-corrected chi connectivity index (χ3v) is 8.67. The molecule has 0 saturated heterocycles. The highest BCUT2D eigenvalue weighted by molar-refractivity contribution is 8.00. The average Bonchev–Trinajstić information content (AvgIpc) is 3.55. The van der Waals surface area contributed by atoms with Gasteiger partial charge >= 0.3 is 0 Å². The van der Waals surface area contributed by atoms with Crippen LogP contribution in [0.4, 0.5) is 11.4 Å². The van der Waals surface area contributed by atoms with Crippen LogP contribution in [-0.4, -0.2) is 17.7 Å². The maximum absolute atomic E-state index is 13.7. The third-order valence-electron chi connectivity index (χ3n) is 6.72. The fourth-order valence-corrected chi connectivity index (χ4v) is 6.12. The van der Waals surface area contributed by atoms with E-state index in [1.807, 2.05) is 103 Å². The number of rotatable bonds is 10. The van der Waals surface area contributed by atoms with Crippen molar-refractivity contribution in [3.05, 3.63) is 153 Å². The summed E-state index contributed by atoms with van der Waals surface area (Å²) in [5.74, 6) is -0.990. The number of benzene rings is 4. The minimum Gasteiger partial charge on any atom is -0.325 e. The molecule has 0 fully saturated rings. The van der Waals surface area contributed by atoms with E-state index in [1.165, 1.54) is 23.1 Å². The lowest BCUT2D eigenvalue weighted by Gasteiger charge is -2.19. The Balaban J connectivity index is 1.36. The number of nitrogens with one attached hydrogen (secondary N) is 3. The molecule has 0 bridgehead atoms. The monoisotopic (exact) mass is 617 g/mol. The molecule has 1 heterocycles. The number of hydrogen-bond acceptors (Lipinski definition) is 5. The molecule has 3 amide bonds. The van der Waals surface area contributed by atoms with E-state index >= 15 is 0 Å². The van der Waals surface area contributed by atoms with Gasteiger partial charge in [0.1, 0.15) is 10.9 Å². The third kappa shape index (κ3) is 8.12. The van der Waals surface area contributed by atoms with Gasteiger partial charge in [0.15, 0.2) is 0 Å². The first kappa shape index (κ1) is 30.5. The van der Waals surface area contributed by atoms with E-state index < -0.39 is 11.2 Å². The molecule has 5 rings (SSSR count). The Morgan fingerprint density at radius 1 is 0.795 bits per heavy atom. The second-order valence-corrected chi connectivity index (χ2v) is 12.1. The molecule has 1 aromatic heterocycles. The zero-order valence-electron chi connectivity index (χ0n) is 24.2. The first-order chi connectivity index (χ1) is 21.4. The van der Waals surface area contributed by atoms with Crippen molar-refractivity contribution in [1.82, 2.24) is 5.32 Å². The van der Waals surface area contributed by atoms with Gasteiger partial charge in [-0.15, -0.1) is 11.8 Å². The van der Waals surface area contributed by atoms with Crippen molar-refractivity contribution in [2.24, 2.45) is 0 Å². The molecule has 6 nitrogen and oxygen atoms in total. The van der Waals surface area contributed by atoms with Crippen molar-refractivity contribution >= 4 is 58.3 Å². The summed E-state index contributed by atoms with van der Waals surface area (Å²) in [6.07, 6.45) is 1.65. The SMILES string of the molecule is Cc1ccc(C)c(NC(=O)C(Sc2cccc(NC(=O)/C(=C/c3ccsc3)NC(=O)c3ccccc3)c2)c2ccccc2)c1. The highest BCUT2D eigenvalue weighted by Gasteiger charge is 2.23. The van der Waals surface area contributed by atoms with Gasteiger partial charge in [0.25, 0.3) is 11.8 Å². The van der Waals surface area contributed by atoms with Crippen molar-refractivity contribution in [2.75, 3.05) is 10.6 Å². The molecule has 1 atom stereocenters. The van der Waals surface area contributed by atoms with Crippen molar-refractivity contribution < 1.29 is 14.4 Å². The molecule has 0 aliphatic carbocycles. The molecule has 3 N–H and O–H groups in total. The van der Waals surface area contributed by atoms with E-state index in [2.05, 4.69) is 16.0 Å². The van der Waals surface area contributed by atoms with Crippen molar-refractivity contribution in [3.63, 3.8) is 0 Å². The van der Waals surface area contributed by atoms with Gasteiger partial charge < -0.3 is 16.0 Å². The second-order valence-electron chi connectivity index (χ2n) is 10.1. The lowest BCUT2D eigenvalue weighted by atomic mass is 10.1. The molecule has 0 aliphatic heterocycles. The Morgan fingerprint density at radius 3 is 2.27 bits per heavy atom. The van der Waals surface area contributed by atoms with Gasteiger partial charge in [-0.25, -0.2) is 0 Å². The Bertz CT molecular complexity index is 1790. The zero-order valence-corrected chi connectivity index (χ0v) is 25.9. The summed E-state index contributed by atoms with van der Waals surface area (Å²) in [7, 11) is 0. The summed E-state index contributed by atoms with van der Waals surface area (Å²) in [5, 5.41) is 12.0. The van der Waals surface area contributed by atoms with Crippen LogP contribution in [0.1, 0.15) is 37.9 Å². The molecule has 220 valence electrons. The fourth-order valence-electron chi connectivity index (χ4n) is 4.42. The van der Waals surface area contributed by atoms with Gasteiger partial charge in [0.2, 0.25) is 5.91 Å². The Labute approximate surface area is 265 Å². The maximum atomic E-state index is 13.7. The van der Waals surface area contributed by atoms with E-state index in [0.29, 0.717) is 11.3 Å². The molecule has 5 aromatic rings. The molecule has 4 aromatic carbocycles. The first-order valence-electron chi connectivity index (χ1n) is 14.0. The van der Waals surface area contributed by atoms with Gasteiger partial charge in [-0.3, -0.25) is 14.4 Å². The summed E-state index contributed by atoms with van der Waals surface area (Å²) in [5.41, 5.74) is 5.58. The van der Waals surface area contributed by atoms with Crippen LogP contribution < -0.4 is 16.0 Å². The average molecular weight is 618 g/mol. The summed E-state index contributed by atoms with van der Waals surface area (Å²) in [6.45, 7) is 3.96. The highest BCUT2D eigenvalue weighted by Crippen LogP contribution is 2.37. The van der Waals surface area contributed by atoms with E-state index in [0.717, 1.165) is 32.8 Å². The number of anilines is 2.